The van der Waals surface area contributed by atoms with Gasteiger partial charge in [-0.1, -0.05) is 29.3 Å². The van der Waals surface area contributed by atoms with Crippen molar-refractivity contribution >= 4 is 40.4 Å². The van der Waals surface area contributed by atoms with Gasteiger partial charge in [0.2, 0.25) is 5.91 Å². The first kappa shape index (κ1) is 15.6. The number of amides is 1. The number of benzene rings is 1. The second kappa shape index (κ2) is 6.48. The van der Waals surface area contributed by atoms with Gasteiger partial charge in [0.05, 0.1) is 29.3 Å². The zero-order valence-corrected chi connectivity index (χ0v) is 13.7. The van der Waals surface area contributed by atoms with E-state index in [2.05, 4.69) is 10.3 Å². The van der Waals surface area contributed by atoms with Crippen LogP contribution in [-0.2, 0) is 11.2 Å². The van der Waals surface area contributed by atoms with Crippen molar-refractivity contribution in [1.29, 1.82) is 0 Å². The number of nitrogens with zero attached hydrogens (tertiary/aromatic N) is 2. The summed E-state index contributed by atoms with van der Waals surface area (Å²) in [6, 6.07) is 8.77. The SMILES string of the molecule is COc1cccc(NC(=O)Cc2cn3cc(Cl)cc(Cl)c3n2)c1. The number of rotatable bonds is 4. The Morgan fingerprint density at radius 3 is 2.91 bits per heavy atom. The van der Waals surface area contributed by atoms with Gasteiger partial charge in [-0.05, 0) is 18.2 Å². The highest BCUT2D eigenvalue weighted by Crippen LogP contribution is 2.22. The van der Waals surface area contributed by atoms with Crippen LogP contribution in [0.2, 0.25) is 10.0 Å². The van der Waals surface area contributed by atoms with Gasteiger partial charge in [0.25, 0.3) is 0 Å². The van der Waals surface area contributed by atoms with Gasteiger partial charge in [-0.15, -0.1) is 0 Å². The number of pyridine rings is 1. The van der Waals surface area contributed by atoms with E-state index in [9.17, 15) is 4.79 Å². The molecule has 2 aromatic heterocycles. The summed E-state index contributed by atoms with van der Waals surface area (Å²) in [5.41, 5.74) is 1.84. The molecule has 1 N–H and O–H groups in total. The second-order valence-electron chi connectivity index (χ2n) is 4.93. The topological polar surface area (TPSA) is 55.6 Å². The van der Waals surface area contributed by atoms with E-state index in [-0.39, 0.29) is 12.3 Å². The van der Waals surface area contributed by atoms with Crippen molar-refractivity contribution in [1.82, 2.24) is 9.38 Å². The molecule has 0 aliphatic carbocycles. The summed E-state index contributed by atoms with van der Waals surface area (Å²) < 4.78 is 6.83. The highest BCUT2D eigenvalue weighted by molar-refractivity contribution is 6.36. The number of hydrogen-bond acceptors (Lipinski definition) is 3. The predicted molar refractivity (Wildman–Crippen MR) is 90.5 cm³/mol. The number of halogens is 2. The van der Waals surface area contributed by atoms with Crippen LogP contribution in [0.3, 0.4) is 0 Å². The lowest BCUT2D eigenvalue weighted by Crippen LogP contribution is -2.14. The fourth-order valence-corrected chi connectivity index (χ4v) is 2.76. The number of nitrogens with one attached hydrogen (secondary N) is 1. The largest absolute Gasteiger partial charge is 0.497 e. The maximum Gasteiger partial charge on any atom is 0.230 e. The standard InChI is InChI=1S/C16H13Cl2N3O2/c1-23-13-4-2-3-11(6-13)19-15(22)7-12-9-21-8-10(17)5-14(18)16(21)20-12/h2-6,8-9H,7H2,1H3,(H,19,22). The van der Waals surface area contributed by atoms with Crippen molar-refractivity contribution in [2.24, 2.45) is 0 Å². The van der Waals surface area contributed by atoms with Crippen LogP contribution in [0.4, 0.5) is 5.69 Å². The molecule has 0 atom stereocenters. The molecule has 7 heteroatoms. The molecule has 1 amide bonds. The van der Waals surface area contributed by atoms with Gasteiger partial charge in [-0.25, -0.2) is 4.98 Å². The molecule has 0 saturated carbocycles. The molecule has 118 valence electrons. The third kappa shape index (κ3) is 3.57. The molecule has 0 unspecified atom stereocenters. The Hall–Kier alpha value is -2.24. The molecule has 0 spiro atoms. The van der Waals surface area contributed by atoms with Gasteiger partial charge >= 0.3 is 0 Å². The first-order valence-electron chi connectivity index (χ1n) is 6.81. The zero-order valence-electron chi connectivity index (χ0n) is 12.2. The van der Waals surface area contributed by atoms with Crippen molar-refractivity contribution in [3.05, 3.63) is 58.5 Å². The highest BCUT2D eigenvalue weighted by atomic mass is 35.5. The van der Waals surface area contributed by atoms with E-state index >= 15 is 0 Å². The van der Waals surface area contributed by atoms with Crippen LogP contribution in [0.1, 0.15) is 5.69 Å². The number of methoxy groups -OCH3 is 1. The Kier molecular flexibility index (Phi) is 4.41. The number of ether oxygens (including phenoxy) is 1. The fourth-order valence-electron chi connectivity index (χ4n) is 2.23. The first-order valence-corrected chi connectivity index (χ1v) is 7.57. The second-order valence-corrected chi connectivity index (χ2v) is 5.77. The number of imidazole rings is 1. The van der Waals surface area contributed by atoms with E-state index in [1.54, 1.807) is 48.2 Å². The van der Waals surface area contributed by atoms with E-state index in [1.165, 1.54) is 0 Å². The number of anilines is 1. The molecule has 2 heterocycles. The van der Waals surface area contributed by atoms with Crippen LogP contribution in [0.15, 0.2) is 42.7 Å². The monoisotopic (exact) mass is 349 g/mol. The molecular formula is C16H13Cl2N3O2. The van der Waals surface area contributed by atoms with E-state index < -0.39 is 0 Å². The number of fused-ring (bicyclic) bond motifs is 1. The average Bonchev–Trinajstić information content (AvgIpc) is 2.89. The van der Waals surface area contributed by atoms with E-state index in [0.717, 1.165) is 0 Å². The van der Waals surface area contributed by atoms with Crippen LogP contribution >= 0.6 is 23.2 Å². The number of carbonyl (C=O) groups excluding carboxylic acids is 1. The molecule has 0 radical (unpaired) electrons. The molecule has 3 rings (SSSR count). The van der Waals surface area contributed by atoms with Gasteiger partial charge < -0.3 is 14.5 Å². The summed E-state index contributed by atoms with van der Waals surface area (Å²) in [5.74, 6) is 0.501. The smallest absolute Gasteiger partial charge is 0.230 e. The van der Waals surface area contributed by atoms with Gasteiger partial charge in [0.15, 0.2) is 5.65 Å². The molecule has 5 nitrogen and oxygen atoms in total. The van der Waals surface area contributed by atoms with Crippen LogP contribution in [-0.4, -0.2) is 22.4 Å². The van der Waals surface area contributed by atoms with Crippen molar-refractivity contribution in [3.63, 3.8) is 0 Å². The number of carbonyl (C=O) groups is 1. The van der Waals surface area contributed by atoms with Crippen molar-refractivity contribution in [2.75, 3.05) is 12.4 Å². The molecule has 23 heavy (non-hydrogen) atoms. The van der Waals surface area contributed by atoms with Crippen LogP contribution < -0.4 is 10.1 Å². The summed E-state index contributed by atoms with van der Waals surface area (Å²) in [5, 5.41) is 3.76. The third-order valence-corrected chi connectivity index (χ3v) is 3.70. The van der Waals surface area contributed by atoms with E-state index in [0.29, 0.717) is 32.8 Å². The molecule has 0 aliphatic rings. The maximum atomic E-state index is 12.1. The Morgan fingerprint density at radius 1 is 1.30 bits per heavy atom. The minimum atomic E-state index is -0.177. The lowest BCUT2D eigenvalue weighted by atomic mass is 10.2. The molecule has 0 aliphatic heterocycles. The Morgan fingerprint density at radius 2 is 2.13 bits per heavy atom. The van der Waals surface area contributed by atoms with E-state index in [4.69, 9.17) is 27.9 Å². The number of aromatic nitrogens is 2. The summed E-state index contributed by atoms with van der Waals surface area (Å²) in [6.07, 6.45) is 3.56. The van der Waals surface area contributed by atoms with Gasteiger partial charge in [-0.2, -0.15) is 0 Å². The molecular weight excluding hydrogens is 337 g/mol. The van der Waals surface area contributed by atoms with Crippen LogP contribution in [0.25, 0.3) is 5.65 Å². The quantitative estimate of drug-likeness (QED) is 0.778. The Bertz CT molecular complexity index is 877. The average molecular weight is 350 g/mol. The van der Waals surface area contributed by atoms with Gasteiger partial charge in [0.1, 0.15) is 5.75 Å². The van der Waals surface area contributed by atoms with E-state index in [1.807, 2.05) is 6.07 Å². The third-order valence-electron chi connectivity index (χ3n) is 3.22. The normalized spacial score (nSPS) is 10.7. The van der Waals surface area contributed by atoms with Crippen molar-refractivity contribution in [3.8, 4) is 5.75 Å². The molecule has 0 saturated heterocycles. The summed E-state index contributed by atoms with van der Waals surface area (Å²) >= 11 is 12.0. The van der Waals surface area contributed by atoms with Gasteiger partial charge in [0, 0.05) is 24.1 Å². The van der Waals surface area contributed by atoms with Crippen molar-refractivity contribution in [2.45, 2.75) is 6.42 Å². The van der Waals surface area contributed by atoms with Gasteiger partial charge in [-0.3, -0.25) is 4.79 Å². The maximum absolute atomic E-state index is 12.1. The summed E-state index contributed by atoms with van der Waals surface area (Å²) in [4.78, 5) is 16.5. The van der Waals surface area contributed by atoms with Crippen LogP contribution in [0.5, 0.6) is 5.75 Å². The summed E-state index contributed by atoms with van der Waals surface area (Å²) in [6.45, 7) is 0. The first-order chi connectivity index (χ1) is 11.0. The molecule has 0 fully saturated rings. The highest BCUT2D eigenvalue weighted by Gasteiger charge is 2.11. The Balaban J connectivity index is 1.76. The number of hydrogen-bond donors (Lipinski definition) is 1. The Labute approximate surface area is 142 Å². The minimum Gasteiger partial charge on any atom is -0.497 e. The lowest BCUT2D eigenvalue weighted by molar-refractivity contribution is -0.115. The zero-order chi connectivity index (χ0) is 16.4. The minimum absolute atomic E-state index is 0.132. The molecule has 1 aromatic carbocycles. The predicted octanol–water partition coefficient (Wildman–Crippen LogP) is 3.83. The van der Waals surface area contributed by atoms with Crippen molar-refractivity contribution < 1.29 is 9.53 Å². The lowest BCUT2D eigenvalue weighted by Gasteiger charge is -2.05. The summed E-state index contributed by atoms with van der Waals surface area (Å²) in [7, 11) is 1.58. The van der Waals surface area contributed by atoms with Crippen LogP contribution in [0, 0.1) is 0 Å². The fraction of sp³-hybridized carbons (Fsp3) is 0.125. The molecule has 0 bridgehead atoms. The molecule has 3 aromatic rings.